The number of nitrogens with one attached hydrogen (secondary N) is 1. The fourth-order valence-electron chi connectivity index (χ4n) is 3.40. The van der Waals surface area contributed by atoms with Gasteiger partial charge in [0.05, 0.1) is 36.8 Å². The van der Waals surface area contributed by atoms with Gasteiger partial charge in [0.2, 0.25) is 5.91 Å². The number of carbonyl (C=O) groups excluding carboxylic acids is 1. The summed E-state index contributed by atoms with van der Waals surface area (Å²) in [5.74, 6) is 1.26. The minimum Gasteiger partial charge on any atom is -0.497 e. The van der Waals surface area contributed by atoms with Crippen LogP contribution in [0.5, 0.6) is 5.75 Å². The predicted octanol–water partition coefficient (Wildman–Crippen LogP) is 3.16. The zero-order valence-corrected chi connectivity index (χ0v) is 17.5. The molecule has 1 aliphatic rings. The molecule has 0 saturated carbocycles. The second-order valence-electron chi connectivity index (χ2n) is 6.95. The average Bonchev–Trinajstić information content (AvgIpc) is 3.42. The van der Waals surface area contributed by atoms with Crippen molar-refractivity contribution in [3.05, 3.63) is 52.7 Å². The van der Waals surface area contributed by atoms with Crippen molar-refractivity contribution in [3.63, 3.8) is 0 Å². The van der Waals surface area contributed by atoms with E-state index < -0.39 is 9.84 Å². The highest BCUT2D eigenvalue weighted by molar-refractivity contribution is 7.91. The average molecular weight is 432 g/mol. The first-order valence-corrected chi connectivity index (χ1v) is 11.9. The van der Waals surface area contributed by atoms with Crippen molar-refractivity contribution < 1.29 is 17.9 Å². The van der Waals surface area contributed by atoms with E-state index in [2.05, 4.69) is 10.4 Å². The number of rotatable bonds is 6. The van der Waals surface area contributed by atoms with Crippen LogP contribution in [-0.2, 0) is 21.1 Å². The van der Waals surface area contributed by atoms with Crippen LogP contribution >= 0.6 is 11.3 Å². The molecule has 1 atom stereocenters. The lowest BCUT2D eigenvalue weighted by Gasteiger charge is -2.13. The van der Waals surface area contributed by atoms with E-state index in [0.29, 0.717) is 17.9 Å². The summed E-state index contributed by atoms with van der Waals surface area (Å²) in [5.41, 5.74) is 1.53. The summed E-state index contributed by atoms with van der Waals surface area (Å²) in [6.07, 6.45) is 0.754. The molecule has 9 heteroatoms. The smallest absolute Gasteiger partial charge is 0.230 e. The Morgan fingerprint density at radius 1 is 1.31 bits per heavy atom. The third-order valence-electron chi connectivity index (χ3n) is 4.86. The zero-order chi connectivity index (χ0) is 20.4. The summed E-state index contributed by atoms with van der Waals surface area (Å²) in [7, 11) is -1.48. The van der Waals surface area contributed by atoms with Crippen LogP contribution in [0, 0.1) is 0 Å². The molecule has 1 unspecified atom stereocenters. The minimum absolute atomic E-state index is 0.0323. The normalized spacial score (nSPS) is 17.9. The summed E-state index contributed by atoms with van der Waals surface area (Å²) in [6.45, 7) is 0. The molecule has 29 heavy (non-hydrogen) atoms. The maximum Gasteiger partial charge on any atom is 0.230 e. The number of hydrogen-bond acceptors (Lipinski definition) is 6. The quantitative estimate of drug-likeness (QED) is 0.647. The molecule has 3 heterocycles. The van der Waals surface area contributed by atoms with Crippen molar-refractivity contribution in [2.75, 3.05) is 23.9 Å². The van der Waals surface area contributed by atoms with Gasteiger partial charge < -0.3 is 10.1 Å². The third kappa shape index (κ3) is 4.51. The predicted molar refractivity (Wildman–Crippen MR) is 113 cm³/mol. The fourth-order valence-corrected chi connectivity index (χ4v) is 5.79. The minimum atomic E-state index is -3.08. The lowest BCUT2D eigenvalue weighted by atomic mass is 10.1. The van der Waals surface area contributed by atoms with Crippen LogP contribution in [0.3, 0.4) is 0 Å². The van der Waals surface area contributed by atoms with E-state index in [0.717, 1.165) is 16.2 Å². The van der Waals surface area contributed by atoms with Crippen LogP contribution in [0.25, 0.3) is 11.3 Å². The SMILES string of the molecule is COc1ccc(-c2cc(NC(=O)Cc3cccs3)n(C3CCS(=O)(=O)C3)n2)cc1. The molecule has 1 saturated heterocycles. The Kier molecular flexibility index (Phi) is 5.42. The largest absolute Gasteiger partial charge is 0.497 e. The number of sulfone groups is 1. The maximum absolute atomic E-state index is 12.5. The summed E-state index contributed by atoms with van der Waals surface area (Å²) < 4.78 is 30.8. The number of ether oxygens (including phenoxy) is 1. The topological polar surface area (TPSA) is 90.3 Å². The molecule has 1 fully saturated rings. The van der Waals surface area contributed by atoms with Gasteiger partial charge in [0, 0.05) is 16.5 Å². The van der Waals surface area contributed by atoms with Crippen molar-refractivity contribution >= 4 is 32.9 Å². The Balaban J connectivity index is 1.63. The number of thiophene rings is 1. The first-order chi connectivity index (χ1) is 13.9. The first-order valence-electron chi connectivity index (χ1n) is 9.20. The Bertz CT molecular complexity index is 1100. The van der Waals surface area contributed by atoms with Crippen molar-refractivity contribution in [1.29, 1.82) is 0 Å². The number of amides is 1. The fraction of sp³-hybridized carbons (Fsp3) is 0.300. The van der Waals surface area contributed by atoms with E-state index in [9.17, 15) is 13.2 Å². The Labute approximate surface area is 173 Å². The van der Waals surface area contributed by atoms with Crippen LogP contribution < -0.4 is 10.1 Å². The summed E-state index contributed by atoms with van der Waals surface area (Å²) >= 11 is 1.52. The molecule has 7 nitrogen and oxygen atoms in total. The highest BCUT2D eigenvalue weighted by atomic mass is 32.2. The molecule has 1 aliphatic heterocycles. The van der Waals surface area contributed by atoms with Crippen LogP contribution in [0.15, 0.2) is 47.8 Å². The summed E-state index contributed by atoms with van der Waals surface area (Å²) in [6, 6.07) is 12.8. The van der Waals surface area contributed by atoms with E-state index in [-0.39, 0.29) is 29.9 Å². The second kappa shape index (κ2) is 8.00. The van der Waals surface area contributed by atoms with Crippen molar-refractivity contribution in [2.45, 2.75) is 18.9 Å². The number of hydrogen-bond donors (Lipinski definition) is 1. The molecule has 1 N–H and O–H groups in total. The van der Waals surface area contributed by atoms with Gasteiger partial charge in [0.15, 0.2) is 9.84 Å². The molecule has 0 spiro atoms. The van der Waals surface area contributed by atoms with Crippen molar-refractivity contribution in [1.82, 2.24) is 9.78 Å². The van der Waals surface area contributed by atoms with Crippen LogP contribution in [-0.4, -0.2) is 42.7 Å². The van der Waals surface area contributed by atoms with Crippen LogP contribution in [0.1, 0.15) is 17.3 Å². The lowest BCUT2D eigenvalue weighted by Crippen LogP contribution is -2.20. The monoisotopic (exact) mass is 431 g/mol. The van der Waals surface area contributed by atoms with Gasteiger partial charge in [-0.3, -0.25) is 4.79 Å². The number of anilines is 1. The van der Waals surface area contributed by atoms with Gasteiger partial charge in [0.25, 0.3) is 0 Å². The van der Waals surface area contributed by atoms with E-state index in [4.69, 9.17) is 4.74 Å². The standard InChI is InChI=1S/C20H21N3O4S2/c1-27-16-6-4-14(5-7-16)18-12-19(21-20(24)11-17-3-2-9-28-17)23(22-18)15-8-10-29(25,26)13-15/h2-7,9,12,15H,8,10-11,13H2,1H3,(H,21,24). The van der Waals surface area contributed by atoms with Gasteiger partial charge in [-0.2, -0.15) is 5.10 Å². The molecular weight excluding hydrogens is 410 g/mol. The van der Waals surface area contributed by atoms with Gasteiger partial charge in [-0.25, -0.2) is 13.1 Å². The number of methoxy groups -OCH3 is 1. The zero-order valence-electron chi connectivity index (χ0n) is 15.9. The third-order valence-corrected chi connectivity index (χ3v) is 7.48. The molecule has 0 radical (unpaired) electrons. The van der Waals surface area contributed by atoms with Gasteiger partial charge in [0.1, 0.15) is 11.6 Å². The summed E-state index contributed by atoms with van der Waals surface area (Å²) in [4.78, 5) is 13.5. The van der Waals surface area contributed by atoms with Gasteiger partial charge in [-0.05, 0) is 42.1 Å². The maximum atomic E-state index is 12.5. The van der Waals surface area contributed by atoms with Crippen LogP contribution in [0.4, 0.5) is 5.82 Å². The molecule has 0 aliphatic carbocycles. The highest BCUT2D eigenvalue weighted by Gasteiger charge is 2.31. The molecule has 2 aromatic heterocycles. The number of nitrogens with zero attached hydrogens (tertiary/aromatic N) is 2. The van der Waals surface area contributed by atoms with E-state index in [1.165, 1.54) is 11.3 Å². The van der Waals surface area contributed by atoms with E-state index in [1.807, 2.05) is 41.8 Å². The Morgan fingerprint density at radius 3 is 2.72 bits per heavy atom. The van der Waals surface area contributed by atoms with Crippen molar-refractivity contribution in [2.24, 2.45) is 0 Å². The molecule has 0 bridgehead atoms. The van der Waals surface area contributed by atoms with Gasteiger partial charge in [-0.1, -0.05) is 6.07 Å². The van der Waals surface area contributed by atoms with E-state index in [1.54, 1.807) is 17.9 Å². The molecule has 4 rings (SSSR count). The Morgan fingerprint density at radius 2 is 2.10 bits per heavy atom. The number of aromatic nitrogens is 2. The molecule has 152 valence electrons. The van der Waals surface area contributed by atoms with Crippen LogP contribution in [0.2, 0.25) is 0 Å². The molecule has 1 aromatic carbocycles. The Hall–Kier alpha value is -2.65. The summed E-state index contributed by atoms with van der Waals surface area (Å²) in [5, 5.41) is 9.48. The molecule has 1 amide bonds. The number of carbonyl (C=O) groups is 1. The number of benzene rings is 1. The molecule has 3 aromatic rings. The van der Waals surface area contributed by atoms with Gasteiger partial charge >= 0.3 is 0 Å². The van der Waals surface area contributed by atoms with Crippen molar-refractivity contribution in [3.8, 4) is 17.0 Å². The lowest BCUT2D eigenvalue weighted by molar-refractivity contribution is -0.115. The van der Waals surface area contributed by atoms with E-state index >= 15 is 0 Å². The van der Waals surface area contributed by atoms with Gasteiger partial charge in [-0.15, -0.1) is 11.3 Å². The molecular formula is C20H21N3O4S2. The second-order valence-corrected chi connectivity index (χ2v) is 10.2. The first kappa shape index (κ1) is 19.7. The highest BCUT2D eigenvalue weighted by Crippen LogP contribution is 2.31.